The van der Waals surface area contributed by atoms with E-state index in [4.69, 9.17) is 0 Å². The lowest BCUT2D eigenvalue weighted by Gasteiger charge is -2.36. The zero-order chi connectivity index (χ0) is 23.8. The molecule has 0 aliphatic carbocycles. The first-order valence-electron chi connectivity index (χ1n) is 11.5. The average molecular weight is 461 g/mol. The quantitative estimate of drug-likeness (QED) is 0.595. The second-order valence-corrected chi connectivity index (χ2v) is 8.58. The lowest BCUT2D eigenvalue weighted by molar-refractivity contribution is 0.0958. The molecular formula is C24H28N8O2. The number of rotatable bonds is 5. The van der Waals surface area contributed by atoms with Crippen LogP contribution in [0.5, 0.6) is 0 Å². The Balaban J connectivity index is 1.32. The van der Waals surface area contributed by atoms with Crippen LogP contribution in [-0.4, -0.2) is 64.8 Å². The highest BCUT2D eigenvalue weighted by Crippen LogP contribution is 2.28. The van der Waals surface area contributed by atoms with Gasteiger partial charge in [0.1, 0.15) is 11.5 Å². The monoisotopic (exact) mass is 460 g/mol. The van der Waals surface area contributed by atoms with Crippen molar-refractivity contribution in [1.29, 1.82) is 0 Å². The van der Waals surface area contributed by atoms with Gasteiger partial charge in [-0.2, -0.15) is 10.1 Å². The summed E-state index contributed by atoms with van der Waals surface area (Å²) < 4.78 is 1.61. The number of piperazine rings is 1. The van der Waals surface area contributed by atoms with Gasteiger partial charge in [0, 0.05) is 51.9 Å². The van der Waals surface area contributed by atoms with E-state index in [-0.39, 0.29) is 11.6 Å². The number of carbonyl (C=O) groups is 1. The van der Waals surface area contributed by atoms with Gasteiger partial charge in [0.2, 0.25) is 0 Å². The molecule has 10 nitrogen and oxygen atoms in total. The van der Waals surface area contributed by atoms with Crippen LogP contribution < -0.4 is 21.3 Å². The zero-order valence-corrected chi connectivity index (χ0v) is 19.6. The van der Waals surface area contributed by atoms with Crippen molar-refractivity contribution in [1.82, 2.24) is 24.8 Å². The van der Waals surface area contributed by atoms with Crippen molar-refractivity contribution in [2.24, 2.45) is 5.10 Å². The van der Waals surface area contributed by atoms with Gasteiger partial charge in [-0.3, -0.25) is 19.7 Å². The molecule has 10 heteroatoms. The lowest BCUT2D eigenvalue weighted by Crippen LogP contribution is -2.46. The molecule has 0 bridgehead atoms. The van der Waals surface area contributed by atoms with Crippen LogP contribution in [0.15, 0.2) is 34.2 Å². The van der Waals surface area contributed by atoms with Gasteiger partial charge in [-0.15, -0.1) is 0 Å². The molecule has 34 heavy (non-hydrogen) atoms. The lowest BCUT2D eigenvalue weighted by atomic mass is 10.0. The summed E-state index contributed by atoms with van der Waals surface area (Å²) in [6.07, 6.45) is 1.79. The van der Waals surface area contributed by atoms with Crippen molar-refractivity contribution in [3.63, 3.8) is 0 Å². The summed E-state index contributed by atoms with van der Waals surface area (Å²) in [6.45, 7) is 8.72. The summed E-state index contributed by atoms with van der Waals surface area (Å²) in [4.78, 5) is 37.8. The summed E-state index contributed by atoms with van der Waals surface area (Å²) in [5, 5.41) is 7.79. The fraction of sp³-hybridized carbons (Fsp3) is 0.375. The number of hydrogen-bond donors (Lipinski definition) is 2. The minimum Gasteiger partial charge on any atom is -0.368 e. The first-order chi connectivity index (χ1) is 16.5. The van der Waals surface area contributed by atoms with Crippen LogP contribution in [0.4, 0.5) is 11.5 Å². The van der Waals surface area contributed by atoms with Crippen LogP contribution >= 0.6 is 0 Å². The Hall–Kier alpha value is -3.79. The standard InChI is InChI=1S/C24H28N8O2/c1-4-32-22-21-17(13-26-29-22)11-16(12-19(21)28-24(32)34)14-30-7-9-31(10-8-30)20-6-5-18(23(33)25-3)27-15(20)2/h5-6,11-13,29H,4,7-10,14H2,1-3H3,(H,25,33). The van der Waals surface area contributed by atoms with Crippen molar-refractivity contribution in [2.45, 2.75) is 26.9 Å². The van der Waals surface area contributed by atoms with Gasteiger partial charge < -0.3 is 10.2 Å². The molecule has 176 valence electrons. The Morgan fingerprint density at radius 3 is 2.65 bits per heavy atom. The summed E-state index contributed by atoms with van der Waals surface area (Å²) in [6, 6.07) is 7.91. The van der Waals surface area contributed by atoms with E-state index in [9.17, 15) is 9.59 Å². The Morgan fingerprint density at radius 1 is 1.15 bits per heavy atom. The van der Waals surface area contributed by atoms with E-state index >= 15 is 0 Å². The average Bonchev–Trinajstić information content (AvgIpc) is 2.84. The Morgan fingerprint density at radius 2 is 1.94 bits per heavy atom. The van der Waals surface area contributed by atoms with Crippen LogP contribution in [0, 0.1) is 6.92 Å². The predicted molar refractivity (Wildman–Crippen MR) is 133 cm³/mol. The number of hydrazone groups is 1. The van der Waals surface area contributed by atoms with E-state index in [0.717, 1.165) is 60.6 Å². The van der Waals surface area contributed by atoms with E-state index in [1.807, 2.05) is 26.0 Å². The summed E-state index contributed by atoms with van der Waals surface area (Å²) in [5.41, 5.74) is 7.86. The SMILES string of the molecule is CCn1c2c3c(cc(CN4CCN(c5ccc(C(=O)NC)nc5C)CC4)cc3nc1=O)C=NN2. The molecule has 2 aliphatic heterocycles. The first kappa shape index (κ1) is 22.0. The highest BCUT2D eigenvalue weighted by atomic mass is 16.2. The van der Waals surface area contributed by atoms with Gasteiger partial charge in [0.15, 0.2) is 0 Å². The zero-order valence-electron chi connectivity index (χ0n) is 19.6. The number of benzene rings is 1. The van der Waals surface area contributed by atoms with Gasteiger partial charge >= 0.3 is 5.69 Å². The van der Waals surface area contributed by atoms with Crippen LogP contribution in [0.3, 0.4) is 0 Å². The topological polar surface area (TPSA) is 108 Å². The molecule has 2 N–H and O–H groups in total. The Labute approximate surface area is 197 Å². The van der Waals surface area contributed by atoms with Gasteiger partial charge in [0.05, 0.1) is 28.5 Å². The number of pyridine rings is 1. The molecule has 0 atom stereocenters. The third-order valence-corrected chi connectivity index (χ3v) is 6.49. The number of nitrogens with one attached hydrogen (secondary N) is 2. The van der Waals surface area contributed by atoms with Gasteiger partial charge in [0.25, 0.3) is 5.91 Å². The minimum atomic E-state index is -0.266. The van der Waals surface area contributed by atoms with Crippen LogP contribution in [0.25, 0.3) is 10.9 Å². The Bertz CT molecular complexity index is 1360. The molecule has 4 heterocycles. The third-order valence-electron chi connectivity index (χ3n) is 6.49. The molecule has 1 saturated heterocycles. The van der Waals surface area contributed by atoms with E-state index in [0.29, 0.717) is 23.6 Å². The summed E-state index contributed by atoms with van der Waals surface area (Å²) >= 11 is 0. The fourth-order valence-corrected chi connectivity index (χ4v) is 4.76. The number of carbonyl (C=O) groups excluding carboxylic acids is 1. The van der Waals surface area contributed by atoms with Gasteiger partial charge in [-0.1, -0.05) is 0 Å². The van der Waals surface area contributed by atoms with Crippen molar-refractivity contribution in [2.75, 3.05) is 43.6 Å². The van der Waals surface area contributed by atoms with Crippen LogP contribution in [-0.2, 0) is 13.1 Å². The van der Waals surface area contributed by atoms with Crippen LogP contribution in [0.1, 0.15) is 34.2 Å². The van der Waals surface area contributed by atoms with E-state index in [2.05, 4.69) is 41.7 Å². The molecule has 1 aromatic carbocycles. The summed E-state index contributed by atoms with van der Waals surface area (Å²) in [7, 11) is 1.61. The predicted octanol–water partition coefficient (Wildman–Crippen LogP) is 1.56. The number of anilines is 2. The fourth-order valence-electron chi connectivity index (χ4n) is 4.76. The Kier molecular flexibility index (Phi) is 5.74. The van der Waals surface area contributed by atoms with Crippen LogP contribution in [0.2, 0.25) is 0 Å². The number of hydrogen-bond acceptors (Lipinski definition) is 8. The second kappa shape index (κ2) is 8.86. The largest absolute Gasteiger partial charge is 0.368 e. The van der Waals surface area contributed by atoms with Gasteiger partial charge in [-0.05, 0) is 43.7 Å². The van der Waals surface area contributed by atoms with E-state index < -0.39 is 0 Å². The molecule has 2 aromatic heterocycles. The first-order valence-corrected chi connectivity index (χ1v) is 11.5. The molecule has 3 aromatic rings. The normalized spacial score (nSPS) is 15.4. The van der Waals surface area contributed by atoms with Crippen molar-refractivity contribution in [3.05, 3.63) is 57.3 Å². The van der Waals surface area contributed by atoms with E-state index in [1.54, 1.807) is 23.9 Å². The summed E-state index contributed by atoms with van der Waals surface area (Å²) in [5.74, 6) is 0.534. The van der Waals surface area contributed by atoms with Crippen molar-refractivity contribution in [3.8, 4) is 0 Å². The van der Waals surface area contributed by atoms with Gasteiger partial charge in [-0.25, -0.2) is 9.78 Å². The number of aryl methyl sites for hydroxylation is 1. The van der Waals surface area contributed by atoms with Crippen molar-refractivity contribution < 1.29 is 4.79 Å². The number of aromatic nitrogens is 3. The molecule has 2 aliphatic rings. The minimum absolute atomic E-state index is 0.176. The maximum Gasteiger partial charge on any atom is 0.349 e. The molecule has 0 spiro atoms. The van der Waals surface area contributed by atoms with Crippen molar-refractivity contribution >= 4 is 34.5 Å². The number of amides is 1. The highest BCUT2D eigenvalue weighted by molar-refractivity contribution is 6.06. The highest BCUT2D eigenvalue weighted by Gasteiger charge is 2.22. The molecule has 5 rings (SSSR count). The third kappa shape index (κ3) is 3.90. The maximum atomic E-state index is 12.5. The second-order valence-electron chi connectivity index (χ2n) is 8.58. The molecule has 1 amide bonds. The smallest absolute Gasteiger partial charge is 0.349 e. The van der Waals surface area contributed by atoms with E-state index in [1.165, 1.54) is 0 Å². The molecule has 0 saturated carbocycles. The number of nitrogens with zero attached hydrogens (tertiary/aromatic N) is 6. The maximum absolute atomic E-state index is 12.5. The molecule has 1 fully saturated rings. The molecule has 0 radical (unpaired) electrons. The molecule has 0 unspecified atom stereocenters. The molecular weight excluding hydrogens is 432 g/mol.